The minimum Gasteiger partial charge on any atom is -0.348 e. The number of nitrogens with one attached hydrogen (secondary N) is 1. The van der Waals surface area contributed by atoms with Crippen LogP contribution in [0.1, 0.15) is 53.0 Å². The van der Waals surface area contributed by atoms with Crippen molar-refractivity contribution in [3.05, 3.63) is 47.0 Å². The van der Waals surface area contributed by atoms with Crippen LogP contribution in [0.15, 0.2) is 24.5 Å². The molecule has 1 N–H and O–H groups in total. The third-order valence-electron chi connectivity index (χ3n) is 3.89. The second kappa shape index (κ2) is 5.68. The molecule has 110 valence electrons. The Hall–Kier alpha value is -2.17. The summed E-state index contributed by atoms with van der Waals surface area (Å²) in [6.07, 6.45) is 6.59. The van der Waals surface area contributed by atoms with Crippen molar-refractivity contribution < 1.29 is 4.79 Å². The molecule has 5 nitrogen and oxygen atoms in total. The van der Waals surface area contributed by atoms with Gasteiger partial charge in [0.1, 0.15) is 0 Å². The second-order valence-corrected chi connectivity index (χ2v) is 5.50. The number of amides is 1. The van der Waals surface area contributed by atoms with Crippen LogP contribution in [0.2, 0.25) is 0 Å². The van der Waals surface area contributed by atoms with Crippen LogP contribution in [0.25, 0.3) is 0 Å². The minimum atomic E-state index is -0.0225. The van der Waals surface area contributed by atoms with Crippen molar-refractivity contribution in [2.24, 2.45) is 7.05 Å². The molecule has 1 saturated carbocycles. The van der Waals surface area contributed by atoms with E-state index in [1.54, 1.807) is 12.4 Å². The molecule has 2 aromatic heterocycles. The van der Waals surface area contributed by atoms with Crippen molar-refractivity contribution in [1.82, 2.24) is 20.1 Å². The zero-order valence-electron chi connectivity index (χ0n) is 12.5. The summed E-state index contributed by atoms with van der Waals surface area (Å²) in [5.74, 6) is 0.446. The topological polar surface area (TPSA) is 59.8 Å². The monoisotopic (exact) mass is 284 g/mol. The fraction of sp³-hybridized carbons (Fsp3) is 0.438. The lowest BCUT2D eigenvalue weighted by molar-refractivity contribution is 0.0949. The van der Waals surface area contributed by atoms with Gasteiger partial charge in [-0.25, -0.2) is 0 Å². The average molecular weight is 284 g/mol. The first kappa shape index (κ1) is 13.8. The molecule has 1 amide bonds. The molecule has 3 rings (SSSR count). The third-order valence-corrected chi connectivity index (χ3v) is 3.89. The summed E-state index contributed by atoms with van der Waals surface area (Å²) in [4.78, 5) is 16.6. The van der Waals surface area contributed by atoms with Gasteiger partial charge in [-0.05, 0) is 30.9 Å². The van der Waals surface area contributed by atoms with E-state index in [1.807, 2.05) is 23.9 Å². The largest absolute Gasteiger partial charge is 0.348 e. The molecule has 2 aromatic rings. The van der Waals surface area contributed by atoms with Crippen molar-refractivity contribution in [2.45, 2.75) is 38.6 Å². The number of carbonyl (C=O) groups is 1. The van der Waals surface area contributed by atoms with E-state index in [2.05, 4.69) is 22.3 Å². The first-order chi connectivity index (χ1) is 10.2. The van der Waals surface area contributed by atoms with Gasteiger partial charge in [0.05, 0.1) is 17.0 Å². The second-order valence-electron chi connectivity index (χ2n) is 5.50. The molecule has 0 bridgehead atoms. The SMILES string of the molecule is CCc1c(C(=O)NCc2cccnc2)c(C2CC2)nn1C. The molecule has 0 radical (unpaired) electrons. The minimum absolute atomic E-state index is 0.0225. The molecule has 1 aliphatic rings. The van der Waals surface area contributed by atoms with E-state index < -0.39 is 0 Å². The number of aromatic nitrogens is 3. The zero-order chi connectivity index (χ0) is 14.8. The van der Waals surface area contributed by atoms with Crippen molar-refractivity contribution in [2.75, 3.05) is 0 Å². The number of carbonyl (C=O) groups excluding carboxylic acids is 1. The first-order valence-corrected chi connectivity index (χ1v) is 7.43. The van der Waals surface area contributed by atoms with Gasteiger partial charge in [-0.15, -0.1) is 0 Å². The van der Waals surface area contributed by atoms with Gasteiger partial charge in [-0.1, -0.05) is 13.0 Å². The van der Waals surface area contributed by atoms with Crippen molar-refractivity contribution in [1.29, 1.82) is 0 Å². The quantitative estimate of drug-likeness (QED) is 0.915. The first-order valence-electron chi connectivity index (χ1n) is 7.43. The zero-order valence-corrected chi connectivity index (χ0v) is 12.5. The molecule has 21 heavy (non-hydrogen) atoms. The fourth-order valence-corrected chi connectivity index (χ4v) is 2.65. The van der Waals surface area contributed by atoms with Gasteiger partial charge in [0.25, 0.3) is 5.91 Å². The summed E-state index contributed by atoms with van der Waals surface area (Å²) in [5.41, 5.74) is 3.77. The Kier molecular flexibility index (Phi) is 3.73. The fourth-order valence-electron chi connectivity index (χ4n) is 2.65. The Bertz CT molecular complexity index is 644. The van der Waals surface area contributed by atoms with Crippen LogP contribution >= 0.6 is 0 Å². The third kappa shape index (κ3) is 2.82. The molecular weight excluding hydrogens is 264 g/mol. The Balaban J connectivity index is 1.80. The summed E-state index contributed by atoms with van der Waals surface area (Å²) in [5, 5.41) is 7.56. The predicted octanol–water partition coefficient (Wildman–Crippen LogP) is 2.18. The molecular formula is C16H20N4O. The molecule has 0 aliphatic heterocycles. The molecule has 2 heterocycles. The Labute approximate surface area is 124 Å². The molecule has 0 atom stereocenters. The van der Waals surface area contributed by atoms with Crippen LogP contribution in [0.4, 0.5) is 0 Å². The van der Waals surface area contributed by atoms with Gasteiger partial charge >= 0.3 is 0 Å². The van der Waals surface area contributed by atoms with Gasteiger partial charge in [-0.3, -0.25) is 14.5 Å². The maximum atomic E-state index is 12.6. The lowest BCUT2D eigenvalue weighted by atomic mass is 10.1. The van der Waals surface area contributed by atoms with E-state index in [9.17, 15) is 4.79 Å². The normalized spacial score (nSPS) is 14.2. The molecule has 0 aromatic carbocycles. The van der Waals surface area contributed by atoms with E-state index in [1.165, 1.54) is 0 Å². The van der Waals surface area contributed by atoms with Crippen LogP contribution < -0.4 is 5.32 Å². The van der Waals surface area contributed by atoms with Gasteiger partial charge in [0, 0.05) is 31.9 Å². The van der Waals surface area contributed by atoms with E-state index in [4.69, 9.17) is 0 Å². The van der Waals surface area contributed by atoms with Crippen molar-refractivity contribution in [3.8, 4) is 0 Å². The smallest absolute Gasteiger partial charge is 0.255 e. The number of pyridine rings is 1. The maximum absolute atomic E-state index is 12.6. The molecule has 1 fully saturated rings. The summed E-state index contributed by atoms with van der Waals surface area (Å²) >= 11 is 0. The van der Waals surface area contributed by atoms with E-state index in [0.717, 1.165) is 41.8 Å². The number of nitrogens with zero attached hydrogens (tertiary/aromatic N) is 3. The average Bonchev–Trinajstić information content (AvgIpc) is 3.29. The lowest BCUT2D eigenvalue weighted by Crippen LogP contribution is -2.24. The van der Waals surface area contributed by atoms with Crippen LogP contribution in [-0.2, 0) is 20.0 Å². The summed E-state index contributed by atoms with van der Waals surface area (Å²) in [6, 6.07) is 3.83. The van der Waals surface area contributed by atoms with E-state index in [-0.39, 0.29) is 5.91 Å². The summed E-state index contributed by atoms with van der Waals surface area (Å²) < 4.78 is 1.85. The predicted molar refractivity (Wildman–Crippen MR) is 80.0 cm³/mol. The molecule has 0 saturated heterocycles. The van der Waals surface area contributed by atoms with Crippen LogP contribution in [0.3, 0.4) is 0 Å². The highest BCUT2D eigenvalue weighted by Gasteiger charge is 2.33. The maximum Gasteiger partial charge on any atom is 0.255 e. The van der Waals surface area contributed by atoms with Gasteiger partial charge in [0.2, 0.25) is 0 Å². The van der Waals surface area contributed by atoms with E-state index in [0.29, 0.717) is 12.5 Å². The number of hydrogen-bond acceptors (Lipinski definition) is 3. The van der Waals surface area contributed by atoms with Crippen molar-refractivity contribution in [3.63, 3.8) is 0 Å². The highest BCUT2D eigenvalue weighted by molar-refractivity contribution is 5.96. The molecule has 0 unspecified atom stereocenters. The van der Waals surface area contributed by atoms with Crippen molar-refractivity contribution >= 4 is 5.91 Å². The van der Waals surface area contributed by atoms with Crippen LogP contribution in [-0.4, -0.2) is 20.7 Å². The highest BCUT2D eigenvalue weighted by atomic mass is 16.1. The standard InChI is InChI=1S/C16H20N4O/c1-3-13-14(15(12-6-7-12)19-20(13)2)16(21)18-10-11-5-4-8-17-9-11/h4-5,8-9,12H,3,6-7,10H2,1-2H3,(H,18,21). The Morgan fingerprint density at radius 3 is 2.90 bits per heavy atom. The number of aryl methyl sites for hydroxylation is 1. The molecule has 0 spiro atoms. The number of hydrogen-bond donors (Lipinski definition) is 1. The van der Waals surface area contributed by atoms with Gasteiger partial charge in [0.15, 0.2) is 0 Å². The lowest BCUT2D eigenvalue weighted by Gasteiger charge is -2.07. The number of rotatable bonds is 5. The van der Waals surface area contributed by atoms with Crippen LogP contribution in [0, 0.1) is 0 Å². The highest BCUT2D eigenvalue weighted by Crippen LogP contribution is 2.41. The Morgan fingerprint density at radius 2 is 2.29 bits per heavy atom. The summed E-state index contributed by atoms with van der Waals surface area (Å²) in [6.45, 7) is 2.56. The Morgan fingerprint density at radius 1 is 1.48 bits per heavy atom. The summed E-state index contributed by atoms with van der Waals surface area (Å²) in [7, 11) is 1.92. The van der Waals surface area contributed by atoms with Crippen LogP contribution in [0.5, 0.6) is 0 Å². The van der Waals surface area contributed by atoms with Gasteiger partial charge < -0.3 is 5.32 Å². The van der Waals surface area contributed by atoms with Gasteiger partial charge in [-0.2, -0.15) is 5.10 Å². The molecule has 5 heteroatoms. The van der Waals surface area contributed by atoms with E-state index >= 15 is 0 Å². The molecule has 1 aliphatic carbocycles.